The van der Waals surface area contributed by atoms with Crippen LogP contribution in [-0.4, -0.2) is 9.97 Å². The quantitative estimate of drug-likeness (QED) is 0.625. The van der Waals surface area contributed by atoms with Gasteiger partial charge in [-0.25, -0.2) is 4.98 Å². The number of nitrogens with zero attached hydrogens (tertiary/aromatic N) is 1. The number of terminal acetylenes is 1. The Morgan fingerprint density at radius 1 is 1.50 bits per heavy atom. The molecule has 68 valence electrons. The summed E-state index contributed by atoms with van der Waals surface area (Å²) in [4.78, 5) is 18.3. The van der Waals surface area contributed by atoms with E-state index in [1.165, 1.54) is 0 Å². The number of H-pyrrole nitrogens is 1. The lowest BCUT2D eigenvalue weighted by molar-refractivity contribution is 1.06. The highest BCUT2D eigenvalue weighted by molar-refractivity contribution is 5.79. The van der Waals surface area contributed by atoms with Gasteiger partial charge in [0.05, 0.1) is 10.9 Å². The van der Waals surface area contributed by atoms with Crippen LogP contribution in [0.15, 0.2) is 23.0 Å². The molecule has 3 nitrogen and oxygen atoms in total. The first-order chi connectivity index (χ1) is 6.70. The highest BCUT2D eigenvalue weighted by Crippen LogP contribution is 2.08. The summed E-state index contributed by atoms with van der Waals surface area (Å²) >= 11 is 0. The standard InChI is InChI=1S/C11H8N2O/c1-3-8-4-5-10-9(6-8)11(14)13-7(2)12-10/h1,4-6H,2H3,(H,12,13,14). The molecule has 0 spiro atoms. The molecule has 1 N–H and O–H groups in total. The number of fused-ring (bicyclic) bond motifs is 1. The van der Waals surface area contributed by atoms with Gasteiger partial charge in [0.25, 0.3) is 5.56 Å². The van der Waals surface area contributed by atoms with Crippen molar-refractivity contribution in [1.82, 2.24) is 9.97 Å². The molecule has 0 fully saturated rings. The van der Waals surface area contributed by atoms with Gasteiger partial charge in [0.15, 0.2) is 0 Å². The molecule has 0 saturated carbocycles. The first kappa shape index (κ1) is 8.52. The Morgan fingerprint density at radius 3 is 3.00 bits per heavy atom. The van der Waals surface area contributed by atoms with E-state index in [-0.39, 0.29) is 5.56 Å². The van der Waals surface area contributed by atoms with Crippen molar-refractivity contribution in [2.75, 3.05) is 0 Å². The third kappa shape index (κ3) is 1.27. The fourth-order valence-electron chi connectivity index (χ4n) is 1.35. The molecule has 0 bridgehead atoms. The molecule has 1 aromatic carbocycles. The lowest BCUT2D eigenvalue weighted by Crippen LogP contribution is -2.09. The zero-order valence-corrected chi connectivity index (χ0v) is 7.66. The predicted octanol–water partition coefficient (Wildman–Crippen LogP) is 1.21. The van der Waals surface area contributed by atoms with E-state index in [1.807, 2.05) is 0 Å². The van der Waals surface area contributed by atoms with Crippen LogP contribution in [0.3, 0.4) is 0 Å². The average Bonchev–Trinajstić information content (AvgIpc) is 2.17. The number of hydrogen-bond donors (Lipinski definition) is 1. The van der Waals surface area contributed by atoms with Crippen molar-refractivity contribution in [3.63, 3.8) is 0 Å². The third-order valence-electron chi connectivity index (χ3n) is 1.99. The van der Waals surface area contributed by atoms with Gasteiger partial charge >= 0.3 is 0 Å². The Kier molecular flexibility index (Phi) is 1.83. The van der Waals surface area contributed by atoms with Gasteiger partial charge < -0.3 is 4.98 Å². The largest absolute Gasteiger partial charge is 0.310 e. The van der Waals surface area contributed by atoms with E-state index in [9.17, 15) is 4.79 Å². The molecule has 2 aromatic rings. The van der Waals surface area contributed by atoms with Crippen molar-refractivity contribution >= 4 is 10.9 Å². The molecule has 0 aliphatic carbocycles. The van der Waals surface area contributed by atoms with Gasteiger partial charge in [-0.05, 0) is 25.1 Å². The minimum absolute atomic E-state index is 0.149. The van der Waals surface area contributed by atoms with Gasteiger partial charge in [0.2, 0.25) is 0 Å². The zero-order chi connectivity index (χ0) is 10.1. The number of benzene rings is 1. The van der Waals surface area contributed by atoms with Gasteiger partial charge in [0, 0.05) is 5.56 Å². The van der Waals surface area contributed by atoms with Crippen LogP contribution >= 0.6 is 0 Å². The Labute approximate surface area is 80.8 Å². The Morgan fingerprint density at radius 2 is 2.29 bits per heavy atom. The van der Waals surface area contributed by atoms with Gasteiger partial charge in [-0.1, -0.05) is 5.92 Å². The molecule has 1 aromatic heterocycles. The topological polar surface area (TPSA) is 45.8 Å². The molecular formula is C11H8N2O. The summed E-state index contributed by atoms with van der Waals surface area (Å²) in [6.45, 7) is 1.75. The number of aryl methyl sites for hydroxylation is 1. The van der Waals surface area contributed by atoms with Crippen LogP contribution in [0.2, 0.25) is 0 Å². The number of nitrogens with one attached hydrogen (secondary N) is 1. The fraction of sp³-hybridized carbons (Fsp3) is 0.0909. The summed E-state index contributed by atoms with van der Waals surface area (Å²) in [5, 5.41) is 0.533. The molecule has 0 amide bonds. The molecule has 3 heteroatoms. The van der Waals surface area contributed by atoms with Crippen molar-refractivity contribution in [3.8, 4) is 12.3 Å². The van der Waals surface area contributed by atoms with Crippen LogP contribution in [0.5, 0.6) is 0 Å². The Balaban J connectivity index is 2.91. The average molecular weight is 184 g/mol. The molecule has 0 saturated heterocycles. The van der Waals surface area contributed by atoms with E-state index in [4.69, 9.17) is 6.42 Å². The monoisotopic (exact) mass is 184 g/mol. The maximum Gasteiger partial charge on any atom is 0.258 e. The summed E-state index contributed by atoms with van der Waals surface area (Å²) in [5.74, 6) is 3.09. The molecule has 1 heterocycles. The summed E-state index contributed by atoms with van der Waals surface area (Å²) < 4.78 is 0. The Bertz CT molecular complexity index is 590. The van der Waals surface area contributed by atoms with Crippen LogP contribution in [0.1, 0.15) is 11.4 Å². The molecule has 0 aliphatic heterocycles. The second kappa shape index (κ2) is 3.00. The molecule has 14 heavy (non-hydrogen) atoms. The molecule has 0 radical (unpaired) electrons. The van der Waals surface area contributed by atoms with Gasteiger partial charge in [-0.2, -0.15) is 0 Å². The summed E-state index contributed by atoms with van der Waals surface area (Å²) in [6, 6.07) is 5.20. The first-order valence-corrected chi connectivity index (χ1v) is 4.18. The molecule has 2 rings (SSSR count). The zero-order valence-electron chi connectivity index (χ0n) is 7.66. The molecule has 0 unspecified atom stereocenters. The molecule has 0 aliphatic rings. The highest BCUT2D eigenvalue weighted by Gasteiger charge is 2.01. The van der Waals surface area contributed by atoms with E-state index in [2.05, 4.69) is 15.9 Å². The van der Waals surface area contributed by atoms with Gasteiger partial charge in [0.1, 0.15) is 5.82 Å². The second-order valence-corrected chi connectivity index (χ2v) is 3.03. The summed E-state index contributed by atoms with van der Waals surface area (Å²) in [7, 11) is 0. The van der Waals surface area contributed by atoms with Crippen LogP contribution in [-0.2, 0) is 0 Å². The van der Waals surface area contributed by atoms with Crippen molar-refractivity contribution in [2.24, 2.45) is 0 Å². The van der Waals surface area contributed by atoms with Crippen molar-refractivity contribution in [1.29, 1.82) is 0 Å². The van der Waals surface area contributed by atoms with Crippen LogP contribution in [0.25, 0.3) is 10.9 Å². The van der Waals surface area contributed by atoms with E-state index in [1.54, 1.807) is 25.1 Å². The summed E-state index contributed by atoms with van der Waals surface area (Å²) in [5.41, 5.74) is 1.21. The van der Waals surface area contributed by atoms with E-state index in [0.29, 0.717) is 22.3 Å². The third-order valence-corrected chi connectivity index (χ3v) is 1.99. The number of aromatic nitrogens is 2. The highest BCUT2D eigenvalue weighted by atomic mass is 16.1. The van der Waals surface area contributed by atoms with Crippen LogP contribution in [0.4, 0.5) is 0 Å². The van der Waals surface area contributed by atoms with Gasteiger partial charge in [-0.15, -0.1) is 6.42 Å². The smallest absolute Gasteiger partial charge is 0.258 e. The van der Waals surface area contributed by atoms with Gasteiger partial charge in [-0.3, -0.25) is 4.79 Å². The van der Waals surface area contributed by atoms with Crippen molar-refractivity contribution in [3.05, 3.63) is 39.9 Å². The van der Waals surface area contributed by atoms with E-state index >= 15 is 0 Å². The first-order valence-electron chi connectivity index (χ1n) is 4.18. The van der Waals surface area contributed by atoms with Crippen molar-refractivity contribution < 1.29 is 0 Å². The maximum atomic E-state index is 11.5. The fourth-order valence-corrected chi connectivity index (χ4v) is 1.35. The van der Waals surface area contributed by atoms with E-state index < -0.39 is 0 Å². The Hall–Kier alpha value is -2.08. The normalized spacial score (nSPS) is 10.0. The predicted molar refractivity (Wildman–Crippen MR) is 55.0 cm³/mol. The van der Waals surface area contributed by atoms with Crippen LogP contribution in [0, 0.1) is 19.3 Å². The van der Waals surface area contributed by atoms with E-state index in [0.717, 1.165) is 0 Å². The number of aromatic amines is 1. The number of rotatable bonds is 0. The minimum atomic E-state index is -0.149. The van der Waals surface area contributed by atoms with Crippen molar-refractivity contribution in [2.45, 2.75) is 6.92 Å². The minimum Gasteiger partial charge on any atom is -0.310 e. The second-order valence-electron chi connectivity index (χ2n) is 3.03. The molecule has 0 atom stereocenters. The summed E-state index contributed by atoms with van der Waals surface area (Å²) in [6.07, 6.45) is 5.24. The maximum absolute atomic E-state index is 11.5. The van der Waals surface area contributed by atoms with Crippen LogP contribution < -0.4 is 5.56 Å². The molecular weight excluding hydrogens is 176 g/mol. The SMILES string of the molecule is C#Cc1ccc2nc(C)[nH]c(=O)c2c1. The lowest BCUT2D eigenvalue weighted by Gasteiger charge is -1.98. The number of hydrogen-bond acceptors (Lipinski definition) is 2. The lowest BCUT2D eigenvalue weighted by atomic mass is 10.1.